The molecule has 0 spiro atoms. The van der Waals surface area contributed by atoms with Gasteiger partial charge in [0.1, 0.15) is 0 Å². The lowest BCUT2D eigenvalue weighted by atomic mass is 9.97. The standard InChI is InChI=1S/C14H14F2N2/c1-9-5-6-18-8-11(9)13(17)7-10-3-2-4-12(15)14(10)16/h2-6,8,13H,7,17H2,1H3. The van der Waals surface area contributed by atoms with Gasteiger partial charge in [-0.05, 0) is 42.2 Å². The molecule has 2 aromatic rings. The summed E-state index contributed by atoms with van der Waals surface area (Å²) in [7, 11) is 0. The highest BCUT2D eigenvalue weighted by Crippen LogP contribution is 2.21. The van der Waals surface area contributed by atoms with Crippen molar-refractivity contribution >= 4 is 0 Å². The number of hydrogen-bond donors (Lipinski definition) is 1. The summed E-state index contributed by atoms with van der Waals surface area (Å²) in [4.78, 5) is 4.00. The van der Waals surface area contributed by atoms with Crippen molar-refractivity contribution in [3.05, 3.63) is 65.0 Å². The number of pyridine rings is 1. The van der Waals surface area contributed by atoms with E-state index in [1.165, 1.54) is 6.07 Å². The average Bonchev–Trinajstić information content (AvgIpc) is 2.35. The molecule has 0 radical (unpaired) electrons. The third-order valence-electron chi connectivity index (χ3n) is 2.95. The molecule has 1 unspecified atom stereocenters. The van der Waals surface area contributed by atoms with E-state index < -0.39 is 17.7 Å². The summed E-state index contributed by atoms with van der Waals surface area (Å²) in [5.74, 6) is -1.67. The Morgan fingerprint density at radius 1 is 1.28 bits per heavy atom. The fourth-order valence-electron chi connectivity index (χ4n) is 1.92. The second-order valence-electron chi connectivity index (χ2n) is 4.26. The first-order valence-electron chi connectivity index (χ1n) is 5.68. The van der Waals surface area contributed by atoms with Gasteiger partial charge in [-0.2, -0.15) is 0 Å². The molecule has 0 aliphatic heterocycles. The predicted molar refractivity (Wildman–Crippen MR) is 66.0 cm³/mol. The zero-order valence-electron chi connectivity index (χ0n) is 10.0. The summed E-state index contributed by atoms with van der Waals surface area (Å²) in [5.41, 5.74) is 8.14. The number of aryl methyl sites for hydroxylation is 1. The number of aromatic nitrogens is 1. The Morgan fingerprint density at radius 2 is 2.06 bits per heavy atom. The van der Waals surface area contributed by atoms with Gasteiger partial charge in [-0.3, -0.25) is 4.98 Å². The molecule has 1 aromatic heterocycles. The number of rotatable bonds is 3. The topological polar surface area (TPSA) is 38.9 Å². The van der Waals surface area contributed by atoms with Crippen molar-refractivity contribution in [2.45, 2.75) is 19.4 Å². The summed E-state index contributed by atoms with van der Waals surface area (Å²) in [6, 6.07) is 5.58. The Labute approximate surface area is 104 Å². The van der Waals surface area contributed by atoms with E-state index >= 15 is 0 Å². The van der Waals surface area contributed by atoms with Gasteiger partial charge in [0, 0.05) is 18.4 Å². The fraction of sp³-hybridized carbons (Fsp3) is 0.214. The first-order valence-corrected chi connectivity index (χ1v) is 5.68. The average molecular weight is 248 g/mol. The molecule has 2 nitrogen and oxygen atoms in total. The molecule has 0 aliphatic rings. The van der Waals surface area contributed by atoms with Gasteiger partial charge >= 0.3 is 0 Å². The molecule has 1 aromatic carbocycles. The van der Waals surface area contributed by atoms with Crippen molar-refractivity contribution in [2.24, 2.45) is 5.73 Å². The zero-order valence-corrected chi connectivity index (χ0v) is 10.0. The van der Waals surface area contributed by atoms with Crippen LogP contribution in [-0.4, -0.2) is 4.98 Å². The van der Waals surface area contributed by atoms with Crippen LogP contribution in [-0.2, 0) is 6.42 Å². The highest BCUT2D eigenvalue weighted by atomic mass is 19.2. The summed E-state index contributed by atoms with van der Waals surface area (Å²) in [6.07, 6.45) is 3.58. The number of nitrogens with two attached hydrogens (primary N) is 1. The minimum absolute atomic E-state index is 0.246. The molecule has 18 heavy (non-hydrogen) atoms. The Hall–Kier alpha value is -1.81. The molecule has 2 rings (SSSR count). The maximum Gasteiger partial charge on any atom is 0.162 e. The summed E-state index contributed by atoms with van der Waals surface area (Å²) < 4.78 is 26.6. The second-order valence-corrected chi connectivity index (χ2v) is 4.26. The van der Waals surface area contributed by atoms with Crippen LogP contribution in [0.15, 0.2) is 36.7 Å². The van der Waals surface area contributed by atoms with Crippen LogP contribution >= 0.6 is 0 Å². The monoisotopic (exact) mass is 248 g/mol. The lowest BCUT2D eigenvalue weighted by Gasteiger charge is -2.14. The molecule has 94 valence electrons. The van der Waals surface area contributed by atoms with E-state index in [2.05, 4.69) is 4.98 Å². The van der Waals surface area contributed by atoms with Gasteiger partial charge in [0.2, 0.25) is 0 Å². The van der Waals surface area contributed by atoms with Crippen molar-refractivity contribution in [1.82, 2.24) is 4.98 Å². The van der Waals surface area contributed by atoms with Crippen LogP contribution in [0.1, 0.15) is 22.7 Å². The highest BCUT2D eigenvalue weighted by Gasteiger charge is 2.14. The van der Waals surface area contributed by atoms with E-state index in [0.29, 0.717) is 0 Å². The van der Waals surface area contributed by atoms with Crippen LogP contribution < -0.4 is 5.73 Å². The smallest absolute Gasteiger partial charge is 0.162 e. The van der Waals surface area contributed by atoms with Gasteiger partial charge in [0.25, 0.3) is 0 Å². The molecular weight excluding hydrogens is 234 g/mol. The Kier molecular flexibility index (Phi) is 3.67. The quantitative estimate of drug-likeness (QED) is 0.907. The number of benzene rings is 1. The lowest BCUT2D eigenvalue weighted by molar-refractivity contribution is 0.494. The van der Waals surface area contributed by atoms with Crippen molar-refractivity contribution in [2.75, 3.05) is 0 Å². The van der Waals surface area contributed by atoms with Crippen LogP contribution in [0.2, 0.25) is 0 Å². The van der Waals surface area contributed by atoms with Crippen LogP contribution in [0.3, 0.4) is 0 Å². The van der Waals surface area contributed by atoms with Crippen LogP contribution in [0.25, 0.3) is 0 Å². The molecule has 0 saturated carbocycles. The van der Waals surface area contributed by atoms with E-state index in [0.717, 1.165) is 17.2 Å². The predicted octanol–water partition coefficient (Wildman–Crippen LogP) is 2.91. The van der Waals surface area contributed by atoms with Crippen LogP contribution in [0.4, 0.5) is 8.78 Å². The Morgan fingerprint density at radius 3 is 2.78 bits per heavy atom. The van der Waals surface area contributed by atoms with E-state index in [1.54, 1.807) is 18.5 Å². The van der Waals surface area contributed by atoms with Crippen molar-refractivity contribution < 1.29 is 8.78 Å². The molecule has 0 aliphatic carbocycles. The van der Waals surface area contributed by atoms with Gasteiger partial charge < -0.3 is 5.73 Å². The van der Waals surface area contributed by atoms with Gasteiger partial charge in [-0.25, -0.2) is 8.78 Å². The van der Waals surface area contributed by atoms with E-state index in [1.807, 2.05) is 13.0 Å². The summed E-state index contributed by atoms with van der Waals surface area (Å²) >= 11 is 0. The molecule has 0 fully saturated rings. The van der Waals surface area contributed by atoms with E-state index in [4.69, 9.17) is 5.73 Å². The van der Waals surface area contributed by atoms with E-state index in [-0.39, 0.29) is 12.0 Å². The van der Waals surface area contributed by atoms with Crippen molar-refractivity contribution in [3.63, 3.8) is 0 Å². The first-order chi connectivity index (χ1) is 8.59. The zero-order chi connectivity index (χ0) is 13.1. The maximum atomic E-state index is 13.5. The minimum Gasteiger partial charge on any atom is -0.324 e. The van der Waals surface area contributed by atoms with Gasteiger partial charge in [0.05, 0.1) is 0 Å². The molecular formula is C14H14F2N2. The lowest BCUT2D eigenvalue weighted by Crippen LogP contribution is -2.16. The fourth-order valence-corrected chi connectivity index (χ4v) is 1.92. The third kappa shape index (κ3) is 2.54. The molecule has 1 heterocycles. The molecule has 0 bridgehead atoms. The van der Waals surface area contributed by atoms with Gasteiger partial charge in [0.15, 0.2) is 11.6 Å². The van der Waals surface area contributed by atoms with Crippen LogP contribution in [0.5, 0.6) is 0 Å². The SMILES string of the molecule is Cc1ccncc1C(N)Cc1cccc(F)c1F. The highest BCUT2D eigenvalue weighted by molar-refractivity contribution is 5.28. The molecule has 4 heteroatoms. The second kappa shape index (κ2) is 5.23. The maximum absolute atomic E-state index is 13.5. The molecule has 1 atom stereocenters. The number of nitrogens with zero attached hydrogens (tertiary/aromatic N) is 1. The molecule has 2 N–H and O–H groups in total. The first kappa shape index (κ1) is 12.6. The van der Waals surface area contributed by atoms with Crippen molar-refractivity contribution in [1.29, 1.82) is 0 Å². The van der Waals surface area contributed by atoms with E-state index in [9.17, 15) is 8.78 Å². The third-order valence-corrected chi connectivity index (χ3v) is 2.95. The Balaban J connectivity index is 2.24. The minimum atomic E-state index is -0.845. The number of halogens is 2. The Bertz CT molecular complexity index is 555. The molecule has 0 amide bonds. The normalized spacial score (nSPS) is 12.4. The van der Waals surface area contributed by atoms with Crippen molar-refractivity contribution in [3.8, 4) is 0 Å². The van der Waals surface area contributed by atoms with Gasteiger partial charge in [-0.1, -0.05) is 12.1 Å². The molecule has 0 saturated heterocycles. The number of hydrogen-bond acceptors (Lipinski definition) is 2. The van der Waals surface area contributed by atoms with Crippen LogP contribution in [0, 0.1) is 18.6 Å². The summed E-state index contributed by atoms with van der Waals surface area (Å²) in [6.45, 7) is 1.92. The summed E-state index contributed by atoms with van der Waals surface area (Å²) in [5, 5.41) is 0. The van der Waals surface area contributed by atoms with Gasteiger partial charge in [-0.15, -0.1) is 0 Å². The largest absolute Gasteiger partial charge is 0.324 e.